The van der Waals surface area contributed by atoms with Crippen molar-refractivity contribution in [2.24, 2.45) is 5.92 Å². The minimum absolute atomic E-state index is 0.159. The lowest BCUT2D eigenvalue weighted by Crippen LogP contribution is -2.38. The van der Waals surface area contributed by atoms with Crippen LogP contribution in [-0.4, -0.2) is 12.6 Å². The van der Waals surface area contributed by atoms with Crippen LogP contribution in [0.25, 0.3) is 0 Å². The Balaban J connectivity index is 1.77. The Morgan fingerprint density at radius 3 is 2.67 bits per heavy atom. The van der Waals surface area contributed by atoms with E-state index in [0.717, 1.165) is 31.4 Å². The van der Waals surface area contributed by atoms with Gasteiger partial charge in [0.15, 0.2) is 0 Å². The largest absolute Gasteiger partial charge is 0.312 e. The van der Waals surface area contributed by atoms with Crippen molar-refractivity contribution >= 4 is 0 Å². The van der Waals surface area contributed by atoms with Gasteiger partial charge < -0.3 is 5.32 Å². The summed E-state index contributed by atoms with van der Waals surface area (Å²) in [6.07, 6.45) is 5.39. The Morgan fingerprint density at radius 1 is 1.22 bits per heavy atom. The first-order valence-electron chi connectivity index (χ1n) is 6.67. The van der Waals surface area contributed by atoms with E-state index in [1.54, 1.807) is 0 Å². The molecule has 96 valence electrons. The summed E-state index contributed by atoms with van der Waals surface area (Å²) in [5.74, 6) is -0.0319. The number of nitriles is 1. The highest BCUT2D eigenvalue weighted by Gasteiger charge is 2.23. The average molecular weight is 246 g/mol. The fraction of sp³-hybridized carbons (Fsp3) is 0.533. The molecule has 2 unspecified atom stereocenters. The van der Waals surface area contributed by atoms with Crippen LogP contribution in [0.5, 0.6) is 0 Å². The second-order valence-corrected chi connectivity index (χ2v) is 4.96. The Kier molecular flexibility index (Phi) is 4.72. The quantitative estimate of drug-likeness (QED) is 0.886. The van der Waals surface area contributed by atoms with Crippen LogP contribution in [0.3, 0.4) is 0 Å². The smallest absolute Gasteiger partial charge is 0.123 e. The molecule has 1 N–H and O–H groups in total. The second kappa shape index (κ2) is 6.51. The summed E-state index contributed by atoms with van der Waals surface area (Å²) in [4.78, 5) is 0. The normalized spacial score (nSPS) is 23.6. The number of hydrogen-bond acceptors (Lipinski definition) is 2. The van der Waals surface area contributed by atoms with Crippen LogP contribution in [0.4, 0.5) is 4.39 Å². The van der Waals surface area contributed by atoms with Crippen molar-refractivity contribution in [2.45, 2.75) is 38.1 Å². The van der Waals surface area contributed by atoms with Gasteiger partial charge in [0.05, 0.1) is 12.0 Å². The maximum atomic E-state index is 12.7. The Hall–Kier alpha value is -1.40. The van der Waals surface area contributed by atoms with E-state index in [0.29, 0.717) is 6.04 Å². The minimum atomic E-state index is -0.191. The van der Waals surface area contributed by atoms with Gasteiger partial charge in [-0.05, 0) is 43.5 Å². The lowest BCUT2D eigenvalue weighted by Gasteiger charge is -2.27. The van der Waals surface area contributed by atoms with Gasteiger partial charge in [-0.25, -0.2) is 4.39 Å². The van der Waals surface area contributed by atoms with Crippen LogP contribution in [0.1, 0.15) is 31.2 Å². The molecule has 3 heteroatoms. The lowest BCUT2D eigenvalue weighted by atomic mass is 9.85. The zero-order chi connectivity index (χ0) is 12.8. The van der Waals surface area contributed by atoms with Crippen LogP contribution >= 0.6 is 0 Å². The van der Waals surface area contributed by atoms with Gasteiger partial charge in [0, 0.05) is 6.04 Å². The summed E-state index contributed by atoms with van der Waals surface area (Å²) < 4.78 is 12.7. The van der Waals surface area contributed by atoms with Gasteiger partial charge in [-0.3, -0.25) is 0 Å². The molecule has 0 aromatic heterocycles. The molecular weight excluding hydrogens is 227 g/mol. The van der Waals surface area contributed by atoms with Gasteiger partial charge in [-0.1, -0.05) is 25.0 Å². The van der Waals surface area contributed by atoms with Crippen molar-refractivity contribution in [2.75, 3.05) is 6.54 Å². The summed E-state index contributed by atoms with van der Waals surface area (Å²) in [6.45, 7) is 0.856. The van der Waals surface area contributed by atoms with Crippen molar-refractivity contribution < 1.29 is 4.39 Å². The predicted molar refractivity (Wildman–Crippen MR) is 69.5 cm³/mol. The second-order valence-electron chi connectivity index (χ2n) is 4.96. The molecule has 0 amide bonds. The standard InChI is InChI=1S/C15H19FN2/c16-14-7-5-12(6-8-14)9-10-18-15-4-2-1-3-13(15)11-17/h5-8,13,15,18H,1-4,9-10H2. The van der Waals surface area contributed by atoms with E-state index in [9.17, 15) is 4.39 Å². The van der Waals surface area contributed by atoms with Gasteiger partial charge in [0.25, 0.3) is 0 Å². The van der Waals surface area contributed by atoms with Crippen LogP contribution in [0.15, 0.2) is 24.3 Å². The minimum Gasteiger partial charge on any atom is -0.312 e. The van der Waals surface area contributed by atoms with Gasteiger partial charge in [-0.2, -0.15) is 5.26 Å². The zero-order valence-electron chi connectivity index (χ0n) is 10.5. The first kappa shape index (κ1) is 13.0. The first-order chi connectivity index (χ1) is 8.79. The highest BCUT2D eigenvalue weighted by molar-refractivity contribution is 5.16. The molecule has 1 saturated carbocycles. The third-order valence-corrected chi connectivity index (χ3v) is 3.67. The number of benzene rings is 1. The number of rotatable bonds is 4. The molecule has 2 atom stereocenters. The molecule has 2 rings (SSSR count). The number of halogens is 1. The maximum absolute atomic E-state index is 12.7. The molecule has 0 saturated heterocycles. The van der Waals surface area contributed by atoms with E-state index in [4.69, 9.17) is 5.26 Å². The summed E-state index contributed by atoms with van der Waals surface area (Å²) in [5.41, 5.74) is 1.13. The third-order valence-electron chi connectivity index (χ3n) is 3.67. The topological polar surface area (TPSA) is 35.8 Å². The highest BCUT2D eigenvalue weighted by Crippen LogP contribution is 2.23. The van der Waals surface area contributed by atoms with E-state index < -0.39 is 0 Å². The molecule has 0 radical (unpaired) electrons. The van der Waals surface area contributed by atoms with Crippen molar-refractivity contribution in [1.82, 2.24) is 5.32 Å². The van der Waals surface area contributed by atoms with E-state index in [2.05, 4.69) is 11.4 Å². The van der Waals surface area contributed by atoms with Crippen molar-refractivity contribution in [3.8, 4) is 6.07 Å². The fourth-order valence-corrected chi connectivity index (χ4v) is 2.58. The number of nitrogens with one attached hydrogen (secondary N) is 1. The fourth-order valence-electron chi connectivity index (χ4n) is 2.58. The van der Waals surface area contributed by atoms with Crippen molar-refractivity contribution in [1.29, 1.82) is 5.26 Å². The monoisotopic (exact) mass is 246 g/mol. The number of nitrogens with zero attached hydrogens (tertiary/aromatic N) is 1. The van der Waals surface area contributed by atoms with Crippen LogP contribution in [0, 0.1) is 23.1 Å². The third kappa shape index (κ3) is 3.54. The van der Waals surface area contributed by atoms with Crippen molar-refractivity contribution in [3.63, 3.8) is 0 Å². The Morgan fingerprint density at radius 2 is 1.94 bits per heavy atom. The molecule has 0 aliphatic heterocycles. The molecule has 1 aromatic rings. The molecule has 0 heterocycles. The van der Waals surface area contributed by atoms with E-state index in [1.165, 1.54) is 25.0 Å². The predicted octanol–water partition coefficient (Wildman–Crippen LogP) is 3.04. The Labute approximate surface area is 108 Å². The molecule has 1 fully saturated rings. The summed E-state index contributed by atoms with van der Waals surface area (Å²) in [7, 11) is 0. The molecule has 0 bridgehead atoms. The summed E-state index contributed by atoms with van der Waals surface area (Å²) in [5, 5.41) is 12.5. The maximum Gasteiger partial charge on any atom is 0.123 e. The molecule has 18 heavy (non-hydrogen) atoms. The lowest BCUT2D eigenvalue weighted by molar-refractivity contribution is 0.314. The van der Waals surface area contributed by atoms with Gasteiger partial charge in [0.2, 0.25) is 0 Å². The van der Waals surface area contributed by atoms with Gasteiger partial charge in [0.1, 0.15) is 5.82 Å². The SMILES string of the molecule is N#CC1CCCCC1NCCc1ccc(F)cc1. The van der Waals surface area contributed by atoms with Gasteiger partial charge >= 0.3 is 0 Å². The van der Waals surface area contributed by atoms with Gasteiger partial charge in [-0.15, -0.1) is 0 Å². The first-order valence-corrected chi connectivity index (χ1v) is 6.67. The van der Waals surface area contributed by atoms with E-state index >= 15 is 0 Å². The van der Waals surface area contributed by atoms with Crippen molar-refractivity contribution in [3.05, 3.63) is 35.6 Å². The van der Waals surface area contributed by atoms with Crippen LogP contribution in [-0.2, 0) is 6.42 Å². The zero-order valence-corrected chi connectivity index (χ0v) is 10.5. The molecule has 2 nitrogen and oxygen atoms in total. The molecule has 1 aliphatic rings. The number of hydrogen-bond donors (Lipinski definition) is 1. The van der Waals surface area contributed by atoms with E-state index in [1.807, 2.05) is 12.1 Å². The molecular formula is C15H19FN2. The molecule has 0 spiro atoms. The summed E-state index contributed by atoms with van der Waals surface area (Å²) >= 11 is 0. The molecule has 1 aliphatic carbocycles. The van der Waals surface area contributed by atoms with Crippen LogP contribution < -0.4 is 5.32 Å². The van der Waals surface area contributed by atoms with E-state index in [-0.39, 0.29) is 11.7 Å². The average Bonchev–Trinajstić information content (AvgIpc) is 2.41. The van der Waals surface area contributed by atoms with Crippen LogP contribution in [0.2, 0.25) is 0 Å². The Bertz CT molecular complexity index is 407. The summed E-state index contributed by atoms with van der Waals surface area (Å²) in [6, 6.07) is 9.36. The highest BCUT2D eigenvalue weighted by atomic mass is 19.1. The molecule has 1 aromatic carbocycles.